The van der Waals surface area contributed by atoms with Crippen LogP contribution in [0.3, 0.4) is 0 Å². The van der Waals surface area contributed by atoms with Gasteiger partial charge in [-0.15, -0.1) is 11.8 Å². The van der Waals surface area contributed by atoms with Crippen molar-refractivity contribution in [2.75, 3.05) is 5.75 Å². The highest BCUT2D eigenvalue weighted by atomic mass is 32.2. The molecule has 6 nitrogen and oxygen atoms in total. The van der Waals surface area contributed by atoms with Crippen LogP contribution in [0.5, 0.6) is 0 Å². The number of aliphatic hydroxyl groups excluding tert-OH is 2. The van der Waals surface area contributed by atoms with Crippen molar-refractivity contribution in [2.45, 2.75) is 76.5 Å². The summed E-state index contributed by atoms with van der Waals surface area (Å²) in [6, 6.07) is 2.33. The minimum absolute atomic E-state index is 0.0936. The van der Waals surface area contributed by atoms with Gasteiger partial charge in [0.15, 0.2) is 5.54 Å². The van der Waals surface area contributed by atoms with Gasteiger partial charge >= 0.3 is 5.97 Å². The highest BCUT2D eigenvalue weighted by molar-refractivity contribution is 8.13. The number of hydrogen-bond donors (Lipinski definition) is 3. The van der Waals surface area contributed by atoms with Crippen molar-refractivity contribution in [1.82, 2.24) is 0 Å². The number of rotatable bonds is 10. The third-order valence-corrected chi connectivity index (χ3v) is 6.97. The molecule has 6 atom stereocenters. The number of nitriles is 1. The largest absolute Gasteiger partial charge is 0.481 e. The van der Waals surface area contributed by atoms with Crippen LogP contribution in [0.15, 0.2) is 17.1 Å². The molecule has 0 saturated heterocycles. The fourth-order valence-corrected chi connectivity index (χ4v) is 5.18. The molecule has 156 valence electrons. The molecule has 2 aliphatic rings. The van der Waals surface area contributed by atoms with E-state index in [1.54, 1.807) is 6.08 Å². The number of nitrogens with zero attached hydrogens (tertiary/aromatic N) is 2. The van der Waals surface area contributed by atoms with Gasteiger partial charge in [0.1, 0.15) is 0 Å². The van der Waals surface area contributed by atoms with Crippen LogP contribution in [-0.2, 0) is 4.79 Å². The molecule has 0 spiro atoms. The topological polar surface area (TPSA) is 114 Å². The lowest BCUT2D eigenvalue weighted by Crippen LogP contribution is -2.27. The SMILES string of the molecule is CCCCC(C)C(O)C=CC1C(O)CC2(C#N)N=C(SCCCC(=O)O)CC12. The first kappa shape index (κ1) is 22.9. The molecule has 1 aliphatic carbocycles. The Morgan fingerprint density at radius 3 is 2.89 bits per heavy atom. The molecule has 1 aliphatic heterocycles. The number of fused-ring (bicyclic) bond motifs is 1. The average Bonchev–Trinajstić information content (AvgIpc) is 3.13. The van der Waals surface area contributed by atoms with E-state index in [0.29, 0.717) is 25.0 Å². The summed E-state index contributed by atoms with van der Waals surface area (Å²) in [6.45, 7) is 4.16. The van der Waals surface area contributed by atoms with E-state index in [-0.39, 0.29) is 24.2 Å². The van der Waals surface area contributed by atoms with Crippen molar-refractivity contribution in [3.8, 4) is 6.07 Å². The second-order valence-corrected chi connectivity index (χ2v) is 9.21. The Morgan fingerprint density at radius 1 is 1.50 bits per heavy atom. The van der Waals surface area contributed by atoms with E-state index in [0.717, 1.165) is 24.3 Å². The van der Waals surface area contributed by atoms with Gasteiger partial charge in [0.05, 0.1) is 23.3 Å². The van der Waals surface area contributed by atoms with Crippen LogP contribution < -0.4 is 0 Å². The lowest BCUT2D eigenvalue weighted by Gasteiger charge is -2.21. The molecule has 1 saturated carbocycles. The molecule has 6 unspecified atom stereocenters. The fourth-order valence-electron chi connectivity index (χ4n) is 4.13. The number of carbonyl (C=O) groups is 1. The summed E-state index contributed by atoms with van der Waals surface area (Å²) in [4.78, 5) is 15.3. The summed E-state index contributed by atoms with van der Waals surface area (Å²) in [5, 5.41) is 40.3. The molecule has 0 aromatic carbocycles. The highest BCUT2D eigenvalue weighted by Crippen LogP contribution is 2.50. The second kappa shape index (κ2) is 10.4. The van der Waals surface area contributed by atoms with Gasteiger partial charge in [0.25, 0.3) is 0 Å². The Hall–Kier alpha value is -1.36. The van der Waals surface area contributed by atoms with Crippen molar-refractivity contribution in [3.63, 3.8) is 0 Å². The maximum absolute atomic E-state index is 10.6. The predicted molar refractivity (Wildman–Crippen MR) is 111 cm³/mol. The number of unbranched alkanes of at least 4 members (excludes halogenated alkanes) is 1. The van der Waals surface area contributed by atoms with Crippen molar-refractivity contribution >= 4 is 22.8 Å². The third kappa shape index (κ3) is 5.59. The number of thioether (sulfide) groups is 1. The van der Waals surface area contributed by atoms with Crippen molar-refractivity contribution < 1.29 is 20.1 Å². The van der Waals surface area contributed by atoms with Crippen molar-refractivity contribution in [2.24, 2.45) is 22.7 Å². The average molecular weight is 409 g/mol. The summed E-state index contributed by atoms with van der Waals surface area (Å²) in [5.74, 6) is -0.275. The molecule has 0 aromatic rings. The molecule has 0 aromatic heterocycles. The maximum Gasteiger partial charge on any atom is 0.303 e. The van der Waals surface area contributed by atoms with Gasteiger partial charge in [-0.2, -0.15) is 5.26 Å². The lowest BCUT2D eigenvalue weighted by atomic mass is 9.84. The summed E-state index contributed by atoms with van der Waals surface area (Å²) >= 11 is 1.52. The first-order valence-corrected chi connectivity index (χ1v) is 11.2. The zero-order valence-corrected chi connectivity index (χ0v) is 17.6. The number of carboxylic acid groups (broad SMARTS) is 1. The molecular formula is C21H32N2O4S. The summed E-state index contributed by atoms with van der Waals surface area (Å²) in [6.07, 6.45) is 7.23. The molecule has 7 heteroatoms. The third-order valence-electron chi connectivity index (χ3n) is 5.89. The van der Waals surface area contributed by atoms with E-state index < -0.39 is 23.7 Å². The van der Waals surface area contributed by atoms with Crippen LogP contribution in [0.1, 0.15) is 58.8 Å². The van der Waals surface area contributed by atoms with E-state index in [4.69, 9.17) is 5.11 Å². The quantitative estimate of drug-likeness (QED) is 0.377. The molecule has 3 N–H and O–H groups in total. The van der Waals surface area contributed by atoms with Gasteiger partial charge in [-0.25, -0.2) is 0 Å². The van der Waals surface area contributed by atoms with Crippen molar-refractivity contribution in [1.29, 1.82) is 5.26 Å². The van der Waals surface area contributed by atoms with Crippen LogP contribution in [-0.4, -0.2) is 49.8 Å². The maximum atomic E-state index is 10.6. The van der Waals surface area contributed by atoms with Gasteiger partial charge in [-0.1, -0.05) is 38.8 Å². The molecule has 0 amide bonds. The highest BCUT2D eigenvalue weighted by Gasteiger charge is 2.56. The zero-order valence-electron chi connectivity index (χ0n) is 16.8. The molecule has 0 radical (unpaired) electrons. The first-order chi connectivity index (χ1) is 13.3. The number of carboxylic acids is 1. The van der Waals surface area contributed by atoms with Crippen LogP contribution in [0.2, 0.25) is 0 Å². The lowest BCUT2D eigenvalue weighted by molar-refractivity contribution is -0.137. The summed E-state index contributed by atoms with van der Waals surface area (Å²) in [7, 11) is 0. The molecular weight excluding hydrogens is 376 g/mol. The Bertz CT molecular complexity index is 645. The Morgan fingerprint density at radius 2 is 2.25 bits per heavy atom. The van der Waals surface area contributed by atoms with Gasteiger partial charge in [-0.3, -0.25) is 9.79 Å². The van der Waals surface area contributed by atoms with Crippen LogP contribution >= 0.6 is 11.8 Å². The second-order valence-electron chi connectivity index (χ2n) is 8.04. The van der Waals surface area contributed by atoms with E-state index in [9.17, 15) is 20.3 Å². The van der Waals surface area contributed by atoms with Crippen LogP contribution in [0.25, 0.3) is 0 Å². The molecule has 28 heavy (non-hydrogen) atoms. The summed E-state index contributed by atoms with van der Waals surface area (Å²) < 4.78 is 0. The normalized spacial score (nSPS) is 31.4. The van der Waals surface area contributed by atoms with Gasteiger partial charge in [0, 0.05) is 31.1 Å². The molecule has 1 heterocycles. The van der Waals surface area contributed by atoms with Gasteiger partial charge in [-0.05, 0) is 24.5 Å². The molecule has 0 bridgehead atoms. The summed E-state index contributed by atoms with van der Waals surface area (Å²) in [5.41, 5.74) is -0.900. The van der Waals surface area contributed by atoms with Crippen LogP contribution in [0.4, 0.5) is 0 Å². The first-order valence-electron chi connectivity index (χ1n) is 10.2. The van der Waals surface area contributed by atoms with E-state index in [1.807, 2.05) is 13.0 Å². The fraction of sp³-hybridized carbons (Fsp3) is 0.762. The van der Waals surface area contributed by atoms with Gasteiger partial charge < -0.3 is 15.3 Å². The van der Waals surface area contributed by atoms with E-state index >= 15 is 0 Å². The monoisotopic (exact) mass is 408 g/mol. The minimum Gasteiger partial charge on any atom is -0.481 e. The molecule has 1 fully saturated rings. The number of hydrogen-bond acceptors (Lipinski definition) is 6. The smallest absolute Gasteiger partial charge is 0.303 e. The van der Waals surface area contributed by atoms with E-state index in [1.165, 1.54) is 11.8 Å². The number of aliphatic carboxylic acids is 1. The standard InChI is InChI=1S/C21H32N2O4S/c1-3-4-6-14(2)17(24)9-8-15-16-11-19(28-10-5-7-20(26)27)23-21(16,13-22)12-18(15)25/h8-9,14-18,24-25H,3-7,10-12H2,1-2H3,(H,26,27). The predicted octanol–water partition coefficient (Wildman–Crippen LogP) is 3.39. The van der Waals surface area contributed by atoms with E-state index in [2.05, 4.69) is 18.0 Å². The number of aliphatic imine (C=N–C) groups is 1. The van der Waals surface area contributed by atoms with Gasteiger partial charge in [0.2, 0.25) is 0 Å². The Labute approximate surface area is 171 Å². The number of aliphatic hydroxyl groups is 2. The minimum atomic E-state index is -0.900. The molecule has 2 rings (SSSR count). The van der Waals surface area contributed by atoms with Crippen molar-refractivity contribution in [3.05, 3.63) is 12.2 Å². The Balaban J connectivity index is 1.99. The zero-order chi connectivity index (χ0) is 20.7. The Kier molecular flexibility index (Phi) is 8.54. The van der Waals surface area contributed by atoms with Crippen LogP contribution in [0, 0.1) is 29.1 Å².